The number of allylic oxidation sites excluding steroid dienone is 2. The monoisotopic (exact) mass is 486 g/mol. The van der Waals surface area contributed by atoms with E-state index in [1.54, 1.807) is 14.0 Å². The molecular formula is C29H34N4O3. The van der Waals surface area contributed by atoms with Gasteiger partial charge >= 0.3 is 0 Å². The number of hydrogen-bond acceptors (Lipinski definition) is 6. The van der Waals surface area contributed by atoms with E-state index in [4.69, 9.17) is 9.26 Å². The summed E-state index contributed by atoms with van der Waals surface area (Å²) in [4.78, 5) is 20.5. The number of rotatable bonds is 9. The van der Waals surface area contributed by atoms with Crippen molar-refractivity contribution in [1.29, 1.82) is 0 Å². The van der Waals surface area contributed by atoms with Crippen LogP contribution in [0.1, 0.15) is 42.1 Å². The Balaban J connectivity index is 1.65. The Labute approximate surface area is 212 Å². The van der Waals surface area contributed by atoms with Crippen molar-refractivity contribution in [3.05, 3.63) is 95.2 Å². The lowest BCUT2D eigenvalue weighted by Crippen LogP contribution is -2.40. The molecule has 2 atom stereocenters. The van der Waals surface area contributed by atoms with Gasteiger partial charge in [-0.05, 0) is 69.7 Å². The summed E-state index contributed by atoms with van der Waals surface area (Å²) in [6.45, 7) is 4.73. The van der Waals surface area contributed by atoms with Crippen LogP contribution in [0.3, 0.4) is 0 Å². The summed E-state index contributed by atoms with van der Waals surface area (Å²) < 4.78 is 10.8. The number of hydrogen-bond donors (Lipinski definition) is 1. The van der Waals surface area contributed by atoms with Crippen molar-refractivity contribution < 1.29 is 14.1 Å². The third-order valence-corrected chi connectivity index (χ3v) is 6.52. The number of benzene rings is 2. The molecule has 7 heteroatoms. The molecule has 1 heterocycles. The number of nitrogens with one attached hydrogen (secondary N) is 1. The highest BCUT2D eigenvalue weighted by Gasteiger charge is 2.43. The Kier molecular flexibility index (Phi) is 7.70. The molecule has 0 fully saturated rings. The predicted molar refractivity (Wildman–Crippen MR) is 141 cm³/mol. The summed E-state index contributed by atoms with van der Waals surface area (Å²) in [5.74, 6) is 1.38. The van der Waals surface area contributed by atoms with Gasteiger partial charge in [0.1, 0.15) is 11.2 Å². The van der Waals surface area contributed by atoms with Gasteiger partial charge in [0.25, 0.3) is 0 Å². The summed E-state index contributed by atoms with van der Waals surface area (Å²) in [6.07, 6.45) is 7.72. The molecule has 1 N–H and O–H groups in total. The largest absolute Gasteiger partial charge is 0.496 e. The first kappa shape index (κ1) is 25.4. The molecule has 1 aromatic heterocycles. The second-order valence-corrected chi connectivity index (χ2v) is 9.53. The second kappa shape index (κ2) is 10.9. The maximum absolute atomic E-state index is 13.9. The van der Waals surface area contributed by atoms with E-state index in [1.807, 2.05) is 55.5 Å². The normalized spacial score (nSPS) is 19.3. The zero-order valence-electron chi connectivity index (χ0n) is 21.6. The van der Waals surface area contributed by atoms with E-state index in [0.717, 1.165) is 36.3 Å². The standard InChI is InChI=1S/C29H34N4O3/c1-20-19-29(27-30-21(2)36-32-27,16-15-25(20)22-10-7-6-8-11-22)28(34)31-24-13-14-26(35-5)23(18-24)12-9-17-33(3)4/h6-8,10-11,13-16,18-19,25H,9,12,17H2,1-5H3,(H,31,34). The smallest absolute Gasteiger partial charge is 0.246 e. The third-order valence-electron chi connectivity index (χ3n) is 6.52. The van der Waals surface area contributed by atoms with Gasteiger partial charge in [0, 0.05) is 18.5 Å². The van der Waals surface area contributed by atoms with E-state index in [1.165, 1.54) is 5.56 Å². The SMILES string of the molecule is COc1ccc(NC(=O)C2(c3noc(C)n3)C=CC(c3ccccc3)C(C)=C2)cc1CCCN(C)C. The van der Waals surface area contributed by atoms with Crippen LogP contribution in [-0.2, 0) is 16.6 Å². The lowest BCUT2D eigenvalue weighted by molar-refractivity contribution is -0.119. The molecule has 2 unspecified atom stereocenters. The van der Waals surface area contributed by atoms with Gasteiger partial charge in [0.2, 0.25) is 11.8 Å². The molecule has 36 heavy (non-hydrogen) atoms. The number of amides is 1. The van der Waals surface area contributed by atoms with Crippen LogP contribution in [0, 0.1) is 6.92 Å². The molecule has 0 spiro atoms. The Morgan fingerprint density at radius 3 is 2.58 bits per heavy atom. The molecule has 3 aromatic rings. The van der Waals surface area contributed by atoms with Crippen LogP contribution >= 0.6 is 0 Å². The minimum Gasteiger partial charge on any atom is -0.496 e. The van der Waals surface area contributed by atoms with Gasteiger partial charge in [-0.25, -0.2) is 0 Å². The molecule has 1 aliphatic carbocycles. The van der Waals surface area contributed by atoms with Gasteiger partial charge in [-0.3, -0.25) is 4.79 Å². The van der Waals surface area contributed by atoms with Crippen molar-refractivity contribution in [1.82, 2.24) is 15.0 Å². The summed E-state index contributed by atoms with van der Waals surface area (Å²) in [5, 5.41) is 7.24. The van der Waals surface area contributed by atoms with E-state index < -0.39 is 5.41 Å². The number of methoxy groups -OCH3 is 1. The van der Waals surface area contributed by atoms with Crippen LogP contribution in [0.5, 0.6) is 5.75 Å². The van der Waals surface area contributed by atoms with Gasteiger partial charge in [-0.1, -0.05) is 59.3 Å². The molecular weight excluding hydrogens is 452 g/mol. The van der Waals surface area contributed by atoms with Crippen molar-refractivity contribution in [3.63, 3.8) is 0 Å². The quantitative estimate of drug-likeness (QED) is 0.426. The fourth-order valence-electron chi connectivity index (χ4n) is 4.65. The maximum atomic E-state index is 13.9. The fraction of sp³-hybridized carbons (Fsp3) is 0.345. The van der Waals surface area contributed by atoms with Crippen LogP contribution in [-0.4, -0.2) is 48.7 Å². The van der Waals surface area contributed by atoms with Crippen molar-refractivity contribution in [2.45, 2.75) is 38.0 Å². The first-order valence-electron chi connectivity index (χ1n) is 12.2. The van der Waals surface area contributed by atoms with Crippen LogP contribution in [0.15, 0.2) is 76.9 Å². The zero-order chi connectivity index (χ0) is 25.7. The average molecular weight is 487 g/mol. The number of carbonyl (C=O) groups is 1. The molecule has 0 saturated carbocycles. The van der Waals surface area contributed by atoms with E-state index in [0.29, 0.717) is 17.4 Å². The highest BCUT2D eigenvalue weighted by Crippen LogP contribution is 2.39. The minimum absolute atomic E-state index is 0.0735. The minimum atomic E-state index is -1.18. The lowest BCUT2D eigenvalue weighted by atomic mass is 9.75. The molecule has 1 amide bonds. The van der Waals surface area contributed by atoms with Crippen LogP contribution in [0.4, 0.5) is 5.69 Å². The fourth-order valence-corrected chi connectivity index (χ4v) is 4.65. The van der Waals surface area contributed by atoms with Gasteiger partial charge in [-0.15, -0.1) is 0 Å². The van der Waals surface area contributed by atoms with Crippen molar-refractivity contribution >= 4 is 11.6 Å². The maximum Gasteiger partial charge on any atom is 0.246 e. The molecule has 188 valence electrons. The summed E-state index contributed by atoms with van der Waals surface area (Å²) in [5.41, 5.74) is 2.78. The van der Waals surface area contributed by atoms with Crippen molar-refractivity contribution in [2.24, 2.45) is 0 Å². The van der Waals surface area contributed by atoms with E-state index in [-0.39, 0.29) is 11.8 Å². The summed E-state index contributed by atoms with van der Waals surface area (Å²) >= 11 is 0. The second-order valence-electron chi connectivity index (χ2n) is 9.53. The first-order chi connectivity index (χ1) is 17.3. The van der Waals surface area contributed by atoms with Gasteiger partial charge in [-0.2, -0.15) is 4.98 Å². The van der Waals surface area contributed by atoms with Crippen molar-refractivity contribution in [2.75, 3.05) is 33.1 Å². The van der Waals surface area contributed by atoms with Crippen molar-refractivity contribution in [3.8, 4) is 5.75 Å². The number of aryl methyl sites for hydroxylation is 2. The van der Waals surface area contributed by atoms with E-state index in [9.17, 15) is 4.79 Å². The molecule has 0 radical (unpaired) electrons. The number of ether oxygens (including phenoxy) is 1. The number of aromatic nitrogens is 2. The Bertz CT molecular complexity index is 1260. The molecule has 7 nitrogen and oxygen atoms in total. The summed E-state index contributed by atoms with van der Waals surface area (Å²) in [6, 6.07) is 16.0. The van der Waals surface area contributed by atoms with E-state index in [2.05, 4.69) is 52.7 Å². The molecule has 0 saturated heterocycles. The zero-order valence-corrected chi connectivity index (χ0v) is 21.6. The van der Waals surface area contributed by atoms with Crippen LogP contribution in [0.25, 0.3) is 0 Å². The molecule has 0 aliphatic heterocycles. The predicted octanol–water partition coefficient (Wildman–Crippen LogP) is 5.06. The topological polar surface area (TPSA) is 80.5 Å². The first-order valence-corrected chi connectivity index (χ1v) is 12.2. The number of anilines is 1. The van der Waals surface area contributed by atoms with Gasteiger partial charge in [0.05, 0.1) is 7.11 Å². The molecule has 1 aliphatic rings. The highest BCUT2D eigenvalue weighted by atomic mass is 16.5. The van der Waals surface area contributed by atoms with Gasteiger partial charge in [0.15, 0.2) is 5.82 Å². The summed E-state index contributed by atoms with van der Waals surface area (Å²) in [7, 11) is 5.78. The number of carbonyl (C=O) groups excluding carboxylic acids is 1. The Hall–Kier alpha value is -3.71. The highest BCUT2D eigenvalue weighted by molar-refractivity contribution is 6.02. The third kappa shape index (κ3) is 5.41. The van der Waals surface area contributed by atoms with E-state index >= 15 is 0 Å². The van der Waals surface area contributed by atoms with Crippen LogP contribution < -0.4 is 10.1 Å². The Morgan fingerprint density at radius 1 is 1.17 bits per heavy atom. The molecule has 0 bridgehead atoms. The van der Waals surface area contributed by atoms with Crippen LogP contribution in [0.2, 0.25) is 0 Å². The average Bonchev–Trinajstić information content (AvgIpc) is 3.31. The Morgan fingerprint density at radius 2 is 1.94 bits per heavy atom. The molecule has 2 aromatic carbocycles. The number of nitrogens with zero attached hydrogens (tertiary/aromatic N) is 3. The van der Waals surface area contributed by atoms with Gasteiger partial charge < -0.3 is 19.5 Å². The molecule has 4 rings (SSSR count). The lowest BCUT2D eigenvalue weighted by Gasteiger charge is -2.30.